The lowest BCUT2D eigenvalue weighted by atomic mass is 10.1. The summed E-state index contributed by atoms with van der Waals surface area (Å²) in [6, 6.07) is 5.85. The predicted octanol–water partition coefficient (Wildman–Crippen LogP) is 1.71. The lowest BCUT2D eigenvalue weighted by molar-refractivity contribution is -0.383. The number of anilines is 2. The van der Waals surface area contributed by atoms with Gasteiger partial charge < -0.3 is 10.6 Å². The van der Waals surface area contributed by atoms with Gasteiger partial charge in [0.1, 0.15) is 5.69 Å². The van der Waals surface area contributed by atoms with E-state index in [-0.39, 0.29) is 11.4 Å². The van der Waals surface area contributed by atoms with Gasteiger partial charge >= 0.3 is 0 Å². The van der Waals surface area contributed by atoms with E-state index in [1.165, 1.54) is 6.07 Å². The molecule has 1 aromatic rings. The van der Waals surface area contributed by atoms with Crippen molar-refractivity contribution in [3.8, 4) is 0 Å². The van der Waals surface area contributed by atoms with Gasteiger partial charge in [0.05, 0.1) is 4.92 Å². The molecule has 0 bridgehead atoms. The Balaban J connectivity index is 2.23. The number of nitro groups is 1. The second-order valence-corrected chi connectivity index (χ2v) is 5.27. The Morgan fingerprint density at radius 3 is 2.37 bits per heavy atom. The molecule has 1 fully saturated rings. The van der Waals surface area contributed by atoms with Gasteiger partial charge in [-0.05, 0) is 33.0 Å². The van der Waals surface area contributed by atoms with Gasteiger partial charge in [-0.2, -0.15) is 0 Å². The number of hydrogen-bond acceptors (Lipinski definition) is 5. The number of nitrogens with two attached hydrogens (primary N) is 1. The molecule has 1 aromatic carbocycles. The Labute approximate surface area is 112 Å². The SMILES string of the molecule is CC1CN(c2ccc([N+](=O)[O-])c(N)c2)CC(C)N1C. The average Bonchev–Trinajstić information content (AvgIpc) is 2.34. The van der Waals surface area contributed by atoms with Gasteiger partial charge in [0.2, 0.25) is 0 Å². The molecule has 104 valence electrons. The van der Waals surface area contributed by atoms with Crippen LogP contribution in [0.25, 0.3) is 0 Å². The molecule has 0 radical (unpaired) electrons. The summed E-state index contributed by atoms with van der Waals surface area (Å²) in [4.78, 5) is 14.9. The molecule has 1 aliphatic heterocycles. The lowest BCUT2D eigenvalue weighted by Crippen LogP contribution is -2.55. The summed E-state index contributed by atoms with van der Waals surface area (Å²) in [6.07, 6.45) is 0. The molecule has 6 heteroatoms. The van der Waals surface area contributed by atoms with Crippen LogP contribution >= 0.6 is 0 Å². The van der Waals surface area contributed by atoms with E-state index >= 15 is 0 Å². The monoisotopic (exact) mass is 264 g/mol. The summed E-state index contributed by atoms with van der Waals surface area (Å²) in [7, 11) is 2.12. The van der Waals surface area contributed by atoms with Crippen molar-refractivity contribution in [1.82, 2.24) is 4.90 Å². The highest BCUT2D eigenvalue weighted by Gasteiger charge is 2.27. The van der Waals surface area contributed by atoms with Crippen molar-refractivity contribution in [2.24, 2.45) is 0 Å². The van der Waals surface area contributed by atoms with Crippen LogP contribution in [0.2, 0.25) is 0 Å². The summed E-state index contributed by atoms with van der Waals surface area (Å²) in [5.74, 6) is 0. The van der Waals surface area contributed by atoms with Gasteiger partial charge in [-0.3, -0.25) is 15.0 Å². The van der Waals surface area contributed by atoms with Crippen LogP contribution < -0.4 is 10.6 Å². The average molecular weight is 264 g/mol. The van der Waals surface area contributed by atoms with E-state index in [1.54, 1.807) is 12.1 Å². The molecule has 0 spiro atoms. The highest BCUT2D eigenvalue weighted by Crippen LogP contribution is 2.28. The number of rotatable bonds is 2. The first-order valence-corrected chi connectivity index (χ1v) is 6.41. The van der Waals surface area contributed by atoms with Crippen molar-refractivity contribution in [1.29, 1.82) is 0 Å². The topological polar surface area (TPSA) is 75.6 Å². The van der Waals surface area contributed by atoms with Crippen LogP contribution in [0.15, 0.2) is 18.2 Å². The molecule has 1 aliphatic rings. The highest BCUT2D eigenvalue weighted by atomic mass is 16.6. The number of likely N-dealkylation sites (N-methyl/N-ethyl adjacent to an activating group) is 1. The molecule has 0 aromatic heterocycles. The van der Waals surface area contributed by atoms with E-state index in [1.807, 2.05) is 0 Å². The molecule has 1 heterocycles. The molecule has 2 atom stereocenters. The Morgan fingerprint density at radius 2 is 1.89 bits per heavy atom. The van der Waals surface area contributed by atoms with E-state index in [0.717, 1.165) is 18.8 Å². The molecule has 1 saturated heterocycles. The maximum atomic E-state index is 10.8. The van der Waals surface area contributed by atoms with Crippen molar-refractivity contribution in [3.63, 3.8) is 0 Å². The zero-order valence-corrected chi connectivity index (χ0v) is 11.5. The molecular formula is C13H20N4O2. The van der Waals surface area contributed by atoms with Gasteiger partial charge in [0.15, 0.2) is 0 Å². The third-order valence-electron chi connectivity index (χ3n) is 3.93. The Morgan fingerprint density at radius 1 is 1.32 bits per heavy atom. The van der Waals surface area contributed by atoms with Gasteiger partial charge in [-0.1, -0.05) is 0 Å². The summed E-state index contributed by atoms with van der Waals surface area (Å²) in [5.41, 5.74) is 6.90. The number of hydrogen-bond donors (Lipinski definition) is 1. The van der Waals surface area contributed by atoms with Crippen LogP contribution in [0.3, 0.4) is 0 Å². The Kier molecular flexibility index (Phi) is 3.61. The van der Waals surface area contributed by atoms with Gasteiger partial charge in [0.25, 0.3) is 5.69 Å². The van der Waals surface area contributed by atoms with Gasteiger partial charge in [0, 0.05) is 36.9 Å². The van der Waals surface area contributed by atoms with Crippen molar-refractivity contribution < 1.29 is 4.92 Å². The molecule has 2 unspecified atom stereocenters. The van der Waals surface area contributed by atoms with Gasteiger partial charge in [-0.25, -0.2) is 0 Å². The minimum absolute atomic E-state index is 0.0287. The first kappa shape index (κ1) is 13.6. The first-order chi connectivity index (χ1) is 8.90. The van der Waals surface area contributed by atoms with Crippen molar-refractivity contribution in [3.05, 3.63) is 28.3 Å². The van der Waals surface area contributed by atoms with Crippen molar-refractivity contribution in [2.45, 2.75) is 25.9 Å². The smallest absolute Gasteiger partial charge is 0.292 e. The van der Waals surface area contributed by atoms with Crippen LogP contribution in [0.4, 0.5) is 17.1 Å². The van der Waals surface area contributed by atoms with Crippen LogP contribution in [0.1, 0.15) is 13.8 Å². The fourth-order valence-corrected chi connectivity index (χ4v) is 2.52. The van der Waals surface area contributed by atoms with E-state index in [2.05, 4.69) is 30.7 Å². The van der Waals surface area contributed by atoms with E-state index in [9.17, 15) is 10.1 Å². The summed E-state index contributed by atoms with van der Waals surface area (Å²) in [5, 5.41) is 10.8. The molecule has 0 aliphatic carbocycles. The largest absolute Gasteiger partial charge is 0.393 e. The second-order valence-electron chi connectivity index (χ2n) is 5.27. The fourth-order valence-electron chi connectivity index (χ4n) is 2.52. The van der Waals surface area contributed by atoms with Crippen LogP contribution in [0.5, 0.6) is 0 Å². The minimum atomic E-state index is -0.450. The molecule has 0 saturated carbocycles. The van der Waals surface area contributed by atoms with Crippen LogP contribution in [-0.4, -0.2) is 42.0 Å². The van der Waals surface area contributed by atoms with Crippen LogP contribution in [-0.2, 0) is 0 Å². The number of nitrogens with zero attached hydrogens (tertiary/aromatic N) is 3. The predicted molar refractivity (Wildman–Crippen MR) is 76.4 cm³/mol. The second kappa shape index (κ2) is 5.05. The van der Waals surface area contributed by atoms with E-state index in [0.29, 0.717) is 12.1 Å². The molecule has 2 N–H and O–H groups in total. The molecule has 2 rings (SSSR count). The van der Waals surface area contributed by atoms with E-state index in [4.69, 9.17) is 5.73 Å². The maximum absolute atomic E-state index is 10.8. The molecular weight excluding hydrogens is 244 g/mol. The maximum Gasteiger partial charge on any atom is 0.292 e. The lowest BCUT2D eigenvalue weighted by Gasteiger charge is -2.43. The van der Waals surface area contributed by atoms with Crippen molar-refractivity contribution >= 4 is 17.1 Å². The standard InChI is InChI=1S/C13H20N4O2/c1-9-7-16(8-10(2)15(9)3)11-4-5-13(17(18)19)12(14)6-11/h4-6,9-10H,7-8,14H2,1-3H3. The highest BCUT2D eigenvalue weighted by molar-refractivity contribution is 5.66. The summed E-state index contributed by atoms with van der Waals surface area (Å²) < 4.78 is 0. The number of nitro benzene ring substituents is 1. The fraction of sp³-hybridized carbons (Fsp3) is 0.538. The third kappa shape index (κ3) is 2.63. The number of benzene rings is 1. The molecule has 19 heavy (non-hydrogen) atoms. The minimum Gasteiger partial charge on any atom is -0.393 e. The van der Waals surface area contributed by atoms with E-state index < -0.39 is 4.92 Å². The summed E-state index contributed by atoms with van der Waals surface area (Å²) in [6.45, 7) is 6.16. The normalized spacial score (nSPS) is 24.5. The zero-order valence-electron chi connectivity index (χ0n) is 11.5. The zero-order chi connectivity index (χ0) is 14.2. The number of piperazine rings is 1. The first-order valence-electron chi connectivity index (χ1n) is 6.41. The quantitative estimate of drug-likeness (QED) is 0.500. The third-order valence-corrected chi connectivity index (χ3v) is 3.93. The summed E-state index contributed by atoms with van der Waals surface area (Å²) >= 11 is 0. The number of nitrogen functional groups attached to an aromatic ring is 1. The molecule has 0 amide bonds. The van der Waals surface area contributed by atoms with Gasteiger partial charge in [-0.15, -0.1) is 0 Å². The Hall–Kier alpha value is -1.82. The Bertz CT molecular complexity index is 480. The molecule has 6 nitrogen and oxygen atoms in total. The van der Waals surface area contributed by atoms with Crippen molar-refractivity contribution in [2.75, 3.05) is 30.8 Å². The van der Waals surface area contributed by atoms with Crippen LogP contribution in [0, 0.1) is 10.1 Å².